The molecule has 0 aliphatic heterocycles. The average Bonchev–Trinajstić information content (AvgIpc) is 2.49. The van der Waals surface area contributed by atoms with Crippen molar-refractivity contribution in [2.75, 3.05) is 13.7 Å². The second-order valence-electron chi connectivity index (χ2n) is 4.36. The van der Waals surface area contributed by atoms with Crippen molar-refractivity contribution in [2.45, 2.75) is 19.4 Å². The number of nitrogens with zero attached hydrogens (tertiary/aromatic N) is 2. The standard InChI is InChI=1S/C15H18ClN3O/c1-3-17-13(10-11-6-4-5-7-12(11)16)14-15(20-2)19-9-8-18-14/h4-9,13,17H,3,10H2,1-2H3. The molecule has 2 aromatic rings. The van der Waals surface area contributed by atoms with Crippen LogP contribution in [0.2, 0.25) is 5.02 Å². The van der Waals surface area contributed by atoms with Crippen LogP contribution in [-0.2, 0) is 6.42 Å². The Morgan fingerprint density at radius 3 is 2.70 bits per heavy atom. The third-order valence-corrected chi connectivity index (χ3v) is 3.42. The van der Waals surface area contributed by atoms with Gasteiger partial charge in [-0.25, -0.2) is 4.98 Å². The van der Waals surface area contributed by atoms with E-state index in [4.69, 9.17) is 16.3 Å². The number of aromatic nitrogens is 2. The van der Waals surface area contributed by atoms with E-state index in [0.29, 0.717) is 5.88 Å². The topological polar surface area (TPSA) is 47.0 Å². The number of benzene rings is 1. The van der Waals surface area contributed by atoms with Gasteiger partial charge < -0.3 is 10.1 Å². The Bertz CT molecular complexity index is 562. The summed E-state index contributed by atoms with van der Waals surface area (Å²) in [6, 6.07) is 7.85. The van der Waals surface area contributed by atoms with Crippen LogP contribution < -0.4 is 10.1 Å². The van der Waals surface area contributed by atoms with Crippen LogP contribution >= 0.6 is 11.6 Å². The second-order valence-corrected chi connectivity index (χ2v) is 4.76. The number of nitrogens with one attached hydrogen (secondary N) is 1. The van der Waals surface area contributed by atoms with Crippen molar-refractivity contribution in [3.05, 3.63) is 52.9 Å². The van der Waals surface area contributed by atoms with E-state index in [1.807, 2.05) is 24.3 Å². The summed E-state index contributed by atoms with van der Waals surface area (Å²) in [6.45, 7) is 2.89. The van der Waals surface area contributed by atoms with Gasteiger partial charge in [0.15, 0.2) is 0 Å². The number of methoxy groups -OCH3 is 1. The zero-order valence-electron chi connectivity index (χ0n) is 11.6. The molecule has 0 saturated heterocycles. The minimum absolute atomic E-state index is 0.0172. The molecular formula is C15H18ClN3O. The van der Waals surface area contributed by atoms with Gasteiger partial charge in [-0.1, -0.05) is 36.7 Å². The molecule has 0 bridgehead atoms. The van der Waals surface area contributed by atoms with Crippen LogP contribution in [0.15, 0.2) is 36.7 Å². The first-order chi connectivity index (χ1) is 9.76. The smallest absolute Gasteiger partial charge is 0.237 e. The molecule has 0 aliphatic carbocycles. The number of hydrogen-bond acceptors (Lipinski definition) is 4. The quantitative estimate of drug-likeness (QED) is 0.889. The summed E-state index contributed by atoms with van der Waals surface area (Å²) in [4.78, 5) is 8.61. The molecule has 0 aliphatic rings. The SMILES string of the molecule is CCNC(Cc1ccccc1Cl)c1nccnc1OC. The van der Waals surface area contributed by atoms with E-state index in [1.54, 1.807) is 19.5 Å². The molecule has 5 heteroatoms. The predicted molar refractivity (Wildman–Crippen MR) is 80.2 cm³/mol. The van der Waals surface area contributed by atoms with Crippen LogP contribution in [-0.4, -0.2) is 23.6 Å². The maximum Gasteiger partial charge on any atom is 0.237 e. The Hall–Kier alpha value is -1.65. The summed E-state index contributed by atoms with van der Waals surface area (Å²) in [6.07, 6.45) is 4.04. The summed E-state index contributed by atoms with van der Waals surface area (Å²) >= 11 is 6.23. The monoisotopic (exact) mass is 291 g/mol. The molecule has 2 rings (SSSR count). The maximum atomic E-state index is 6.23. The fourth-order valence-corrected chi connectivity index (χ4v) is 2.34. The van der Waals surface area contributed by atoms with Crippen molar-refractivity contribution in [3.63, 3.8) is 0 Å². The van der Waals surface area contributed by atoms with Gasteiger partial charge in [-0.15, -0.1) is 0 Å². The van der Waals surface area contributed by atoms with Crippen LogP contribution in [0.25, 0.3) is 0 Å². The normalized spacial score (nSPS) is 12.2. The van der Waals surface area contributed by atoms with Crippen LogP contribution in [0.1, 0.15) is 24.2 Å². The number of ether oxygens (including phenoxy) is 1. The fourth-order valence-electron chi connectivity index (χ4n) is 2.13. The third kappa shape index (κ3) is 3.46. The van der Waals surface area contributed by atoms with Gasteiger partial charge in [0.05, 0.1) is 13.2 Å². The molecule has 1 aromatic heterocycles. The molecule has 1 atom stereocenters. The molecule has 1 unspecified atom stereocenters. The second kappa shape index (κ2) is 7.22. The molecule has 0 saturated carbocycles. The summed E-state index contributed by atoms with van der Waals surface area (Å²) in [5.41, 5.74) is 1.88. The van der Waals surface area contributed by atoms with Gasteiger partial charge in [0.1, 0.15) is 5.69 Å². The minimum atomic E-state index is 0.0172. The Balaban J connectivity index is 2.29. The lowest BCUT2D eigenvalue weighted by atomic mass is 10.0. The molecule has 0 spiro atoms. The summed E-state index contributed by atoms with van der Waals surface area (Å²) in [5, 5.41) is 4.17. The van der Waals surface area contributed by atoms with Crippen molar-refractivity contribution in [1.82, 2.24) is 15.3 Å². The van der Waals surface area contributed by atoms with Gasteiger partial charge in [-0.3, -0.25) is 4.98 Å². The van der Waals surface area contributed by atoms with Crippen LogP contribution in [0.4, 0.5) is 0 Å². The first-order valence-corrected chi connectivity index (χ1v) is 6.95. The number of rotatable bonds is 6. The highest BCUT2D eigenvalue weighted by Crippen LogP contribution is 2.26. The lowest BCUT2D eigenvalue weighted by Crippen LogP contribution is -2.24. The number of likely N-dealkylation sites (N-methyl/N-ethyl adjacent to an activating group) is 1. The van der Waals surface area contributed by atoms with E-state index in [-0.39, 0.29) is 6.04 Å². The van der Waals surface area contributed by atoms with Crippen molar-refractivity contribution < 1.29 is 4.74 Å². The Morgan fingerprint density at radius 2 is 2.00 bits per heavy atom. The number of halogens is 1. The van der Waals surface area contributed by atoms with Crippen molar-refractivity contribution in [2.24, 2.45) is 0 Å². The van der Waals surface area contributed by atoms with E-state index in [2.05, 4.69) is 22.2 Å². The lowest BCUT2D eigenvalue weighted by Gasteiger charge is -2.19. The van der Waals surface area contributed by atoms with E-state index in [9.17, 15) is 0 Å². The van der Waals surface area contributed by atoms with Gasteiger partial charge in [0.25, 0.3) is 0 Å². The van der Waals surface area contributed by atoms with E-state index in [0.717, 1.165) is 29.2 Å². The molecule has 0 radical (unpaired) electrons. The molecule has 20 heavy (non-hydrogen) atoms. The highest BCUT2D eigenvalue weighted by Gasteiger charge is 2.19. The Morgan fingerprint density at radius 1 is 1.25 bits per heavy atom. The van der Waals surface area contributed by atoms with Crippen LogP contribution in [0, 0.1) is 0 Å². The van der Waals surface area contributed by atoms with Gasteiger partial charge in [-0.2, -0.15) is 0 Å². The van der Waals surface area contributed by atoms with E-state index >= 15 is 0 Å². The first kappa shape index (κ1) is 14.8. The Labute approximate surface area is 124 Å². The zero-order valence-corrected chi connectivity index (χ0v) is 12.4. The van der Waals surface area contributed by atoms with Crippen molar-refractivity contribution in [3.8, 4) is 5.88 Å². The van der Waals surface area contributed by atoms with Crippen LogP contribution in [0.3, 0.4) is 0 Å². The molecule has 106 valence electrons. The maximum absolute atomic E-state index is 6.23. The molecule has 1 heterocycles. The van der Waals surface area contributed by atoms with E-state index < -0.39 is 0 Å². The van der Waals surface area contributed by atoms with Gasteiger partial charge in [0.2, 0.25) is 5.88 Å². The number of hydrogen-bond donors (Lipinski definition) is 1. The summed E-state index contributed by atoms with van der Waals surface area (Å²) in [7, 11) is 1.60. The van der Waals surface area contributed by atoms with Crippen molar-refractivity contribution >= 4 is 11.6 Å². The van der Waals surface area contributed by atoms with Crippen LogP contribution in [0.5, 0.6) is 5.88 Å². The molecule has 4 nitrogen and oxygen atoms in total. The van der Waals surface area contributed by atoms with Crippen molar-refractivity contribution in [1.29, 1.82) is 0 Å². The van der Waals surface area contributed by atoms with Gasteiger partial charge in [0, 0.05) is 17.4 Å². The highest BCUT2D eigenvalue weighted by molar-refractivity contribution is 6.31. The first-order valence-electron chi connectivity index (χ1n) is 6.58. The summed E-state index contributed by atoms with van der Waals surface area (Å²) in [5.74, 6) is 0.547. The zero-order chi connectivity index (χ0) is 14.4. The fraction of sp³-hybridized carbons (Fsp3) is 0.333. The molecule has 1 aromatic carbocycles. The summed E-state index contributed by atoms with van der Waals surface area (Å²) < 4.78 is 5.29. The van der Waals surface area contributed by atoms with E-state index in [1.165, 1.54) is 0 Å². The van der Waals surface area contributed by atoms with Gasteiger partial charge >= 0.3 is 0 Å². The molecule has 0 amide bonds. The predicted octanol–water partition coefficient (Wildman–Crippen LogP) is 3.03. The Kier molecular flexibility index (Phi) is 5.32. The van der Waals surface area contributed by atoms with Gasteiger partial charge in [-0.05, 0) is 24.6 Å². The lowest BCUT2D eigenvalue weighted by molar-refractivity contribution is 0.377. The highest BCUT2D eigenvalue weighted by atomic mass is 35.5. The minimum Gasteiger partial charge on any atom is -0.480 e. The molecular weight excluding hydrogens is 274 g/mol. The molecule has 0 fully saturated rings. The average molecular weight is 292 g/mol. The third-order valence-electron chi connectivity index (χ3n) is 3.05. The molecule has 1 N–H and O–H groups in total. The largest absolute Gasteiger partial charge is 0.480 e.